The largest absolute Gasteiger partial charge is 0.398 e. The van der Waals surface area contributed by atoms with Gasteiger partial charge in [-0.3, -0.25) is 4.98 Å². The summed E-state index contributed by atoms with van der Waals surface area (Å²) < 4.78 is 0. The normalized spacial score (nSPS) is 22.9. The number of nitrogens with two attached hydrogens (primary N) is 1. The van der Waals surface area contributed by atoms with Crippen LogP contribution in [0.3, 0.4) is 0 Å². The van der Waals surface area contributed by atoms with Gasteiger partial charge in [0.1, 0.15) is 0 Å². The third-order valence-electron chi connectivity index (χ3n) is 3.12. The average molecular weight is 237 g/mol. The molecule has 0 saturated carbocycles. The van der Waals surface area contributed by atoms with Crippen molar-refractivity contribution in [3.8, 4) is 0 Å². The molecule has 2 atom stereocenters. The van der Waals surface area contributed by atoms with Crippen LogP contribution in [0.4, 0.5) is 5.69 Å². The van der Waals surface area contributed by atoms with E-state index in [2.05, 4.69) is 22.1 Å². The standard InChI is InChI=1S/C12H19N3S/c1-14-12(11-4-2-3-7-16-11)9-8-15-6-5-10(9)13/h5-6,8,11-12,14H,2-4,7H2,1H3,(H2,13,15). The Morgan fingerprint density at radius 3 is 3.06 bits per heavy atom. The van der Waals surface area contributed by atoms with Crippen LogP contribution < -0.4 is 11.1 Å². The number of nitrogen functional groups attached to an aromatic ring is 1. The number of hydrogen-bond acceptors (Lipinski definition) is 4. The second-order valence-corrected chi connectivity index (χ2v) is 5.52. The molecule has 0 bridgehead atoms. The Bertz CT molecular complexity index is 337. The molecular formula is C12H19N3S. The second kappa shape index (κ2) is 5.55. The summed E-state index contributed by atoms with van der Waals surface area (Å²) >= 11 is 2.05. The Balaban J connectivity index is 2.18. The minimum absolute atomic E-state index is 0.332. The fourth-order valence-corrected chi connectivity index (χ4v) is 3.73. The molecule has 1 fully saturated rings. The van der Waals surface area contributed by atoms with E-state index in [0.717, 1.165) is 11.3 Å². The maximum atomic E-state index is 6.01. The summed E-state index contributed by atoms with van der Waals surface area (Å²) in [5, 5.41) is 4.02. The van der Waals surface area contributed by atoms with E-state index >= 15 is 0 Å². The van der Waals surface area contributed by atoms with Gasteiger partial charge in [0.15, 0.2) is 0 Å². The molecule has 16 heavy (non-hydrogen) atoms. The zero-order chi connectivity index (χ0) is 11.4. The van der Waals surface area contributed by atoms with E-state index in [4.69, 9.17) is 5.73 Å². The molecule has 0 aliphatic carbocycles. The second-order valence-electron chi connectivity index (χ2n) is 4.18. The average Bonchev–Trinajstić information content (AvgIpc) is 2.34. The van der Waals surface area contributed by atoms with Crippen LogP contribution in [0.5, 0.6) is 0 Å². The molecule has 4 heteroatoms. The zero-order valence-corrected chi connectivity index (χ0v) is 10.5. The molecule has 0 radical (unpaired) electrons. The number of nitrogens with zero attached hydrogens (tertiary/aromatic N) is 1. The highest BCUT2D eigenvalue weighted by Gasteiger charge is 2.25. The molecule has 0 amide bonds. The van der Waals surface area contributed by atoms with Crippen LogP contribution >= 0.6 is 11.8 Å². The van der Waals surface area contributed by atoms with E-state index in [1.165, 1.54) is 25.0 Å². The van der Waals surface area contributed by atoms with Crippen LogP contribution in [0, 0.1) is 0 Å². The van der Waals surface area contributed by atoms with Crippen LogP contribution in [0.15, 0.2) is 18.5 Å². The summed E-state index contributed by atoms with van der Waals surface area (Å²) in [6.45, 7) is 0. The molecule has 1 saturated heterocycles. The van der Waals surface area contributed by atoms with Crippen LogP contribution in [-0.2, 0) is 0 Å². The number of rotatable bonds is 3. The topological polar surface area (TPSA) is 50.9 Å². The first-order valence-electron chi connectivity index (χ1n) is 5.81. The van der Waals surface area contributed by atoms with Crippen LogP contribution in [-0.4, -0.2) is 23.0 Å². The lowest BCUT2D eigenvalue weighted by atomic mass is 10.00. The quantitative estimate of drug-likeness (QED) is 0.846. The van der Waals surface area contributed by atoms with E-state index in [0.29, 0.717) is 11.3 Å². The summed E-state index contributed by atoms with van der Waals surface area (Å²) in [5.41, 5.74) is 8.01. The highest BCUT2D eigenvalue weighted by Crippen LogP contribution is 2.35. The molecule has 1 aliphatic heterocycles. The van der Waals surface area contributed by atoms with Crippen LogP contribution in [0.1, 0.15) is 30.9 Å². The van der Waals surface area contributed by atoms with Crippen molar-refractivity contribution >= 4 is 17.4 Å². The predicted octanol–water partition coefficient (Wildman–Crippen LogP) is 2.21. The highest BCUT2D eigenvalue weighted by molar-refractivity contribution is 8.00. The first-order valence-corrected chi connectivity index (χ1v) is 6.86. The SMILES string of the molecule is CNC(c1cnccc1N)C1CCCCS1. The zero-order valence-electron chi connectivity index (χ0n) is 9.65. The van der Waals surface area contributed by atoms with Crippen molar-refractivity contribution in [2.75, 3.05) is 18.5 Å². The Kier molecular flexibility index (Phi) is 4.07. The summed E-state index contributed by atoms with van der Waals surface area (Å²) in [6.07, 6.45) is 7.59. The Morgan fingerprint density at radius 1 is 1.56 bits per heavy atom. The van der Waals surface area contributed by atoms with Crippen LogP contribution in [0.2, 0.25) is 0 Å². The van der Waals surface area contributed by atoms with Crippen molar-refractivity contribution in [2.45, 2.75) is 30.6 Å². The number of hydrogen-bond donors (Lipinski definition) is 2. The third-order valence-corrected chi connectivity index (χ3v) is 4.58. The number of anilines is 1. The fraction of sp³-hybridized carbons (Fsp3) is 0.583. The molecule has 88 valence electrons. The van der Waals surface area contributed by atoms with Gasteiger partial charge in [-0.2, -0.15) is 11.8 Å². The van der Waals surface area contributed by atoms with Gasteiger partial charge in [0.05, 0.1) is 0 Å². The van der Waals surface area contributed by atoms with Crippen molar-refractivity contribution in [1.29, 1.82) is 0 Å². The fourth-order valence-electron chi connectivity index (χ4n) is 2.25. The molecule has 0 spiro atoms. The number of nitrogens with one attached hydrogen (secondary N) is 1. The van der Waals surface area contributed by atoms with Gasteiger partial charge in [0.2, 0.25) is 0 Å². The predicted molar refractivity (Wildman–Crippen MR) is 70.5 cm³/mol. The van der Waals surface area contributed by atoms with Crippen molar-refractivity contribution < 1.29 is 0 Å². The molecule has 2 rings (SSSR count). The molecule has 2 unspecified atom stereocenters. The van der Waals surface area contributed by atoms with Gasteiger partial charge in [0, 0.05) is 34.9 Å². The minimum atomic E-state index is 0.332. The first kappa shape index (κ1) is 11.7. The Hall–Kier alpha value is -0.740. The molecule has 1 aromatic heterocycles. The monoisotopic (exact) mass is 237 g/mol. The number of aromatic nitrogens is 1. The summed E-state index contributed by atoms with van der Waals surface area (Å²) in [7, 11) is 2.01. The lowest BCUT2D eigenvalue weighted by molar-refractivity contribution is 0.516. The van der Waals surface area contributed by atoms with Crippen molar-refractivity contribution in [3.05, 3.63) is 24.0 Å². The summed E-state index contributed by atoms with van der Waals surface area (Å²) in [5.74, 6) is 1.27. The van der Waals surface area contributed by atoms with Gasteiger partial charge in [-0.1, -0.05) is 6.42 Å². The van der Waals surface area contributed by atoms with Crippen molar-refractivity contribution in [3.63, 3.8) is 0 Å². The molecule has 2 heterocycles. The number of thioether (sulfide) groups is 1. The van der Waals surface area contributed by atoms with Crippen molar-refractivity contribution in [2.24, 2.45) is 0 Å². The summed E-state index contributed by atoms with van der Waals surface area (Å²) in [6, 6.07) is 2.21. The van der Waals surface area contributed by atoms with Gasteiger partial charge in [-0.25, -0.2) is 0 Å². The minimum Gasteiger partial charge on any atom is -0.398 e. The third kappa shape index (κ3) is 2.50. The van der Waals surface area contributed by atoms with Crippen LogP contribution in [0.25, 0.3) is 0 Å². The molecular weight excluding hydrogens is 218 g/mol. The van der Waals surface area contributed by atoms with E-state index in [-0.39, 0.29) is 0 Å². The Morgan fingerprint density at radius 2 is 2.44 bits per heavy atom. The van der Waals surface area contributed by atoms with E-state index in [1.807, 2.05) is 19.3 Å². The van der Waals surface area contributed by atoms with Gasteiger partial charge >= 0.3 is 0 Å². The van der Waals surface area contributed by atoms with E-state index < -0.39 is 0 Å². The molecule has 1 aromatic rings. The maximum Gasteiger partial charge on any atom is 0.0474 e. The van der Waals surface area contributed by atoms with Crippen molar-refractivity contribution in [1.82, 2.24) is 10.3 Å². The van der Waals surface area contributed by atoms with Gasteiger partial charge < -0.3 is 11.1 Å². The molecule has 1 aliphatic rings. The molecule has 3 nitrogen and oxygen atoms in total. The highest BCUT2D eigenvalue weighted by atomic mass is 32.2. The van der Waals surface area contributed by atoms with Gasteiger partial charge in [0.25, 0.3) is 0 Å². The van der Waals surface area contributed by atoms with Gasteiger partial charge in [-0.05, 0) is 31.7 Å². The van der Waals surface area contributed by atoms with Gasteiger partial charge in [-0.15, -0.1) is 0 Å². The molecule has 3 N–H and O–H groups in total. The smallest absolute Gasteiger partial charge is 0.0474 e. The maximum absolute atomic E-state index is 6.01. The number of pyridine rings is 1. The van der Waals surface area contributed by atoms with E-state index in [9.17, 15) is 0 Å². The lowest BCUT2D eigenvalue weighted by Gasteiger charge is -2.30. The first-order chi connectivity index (χ1) is 7.83. The molecule has 0 aromatic carbocycles. The Labute approximate surface area is 101 Å². The van der Waals surface area contributed by atoms with E-state index in [1.54, 1.807) is 6.20 Å². The summed E-state index contributed by atoms with van der Waals surface area (Å²) in [4.78, 5) is 4.18. The lowest BCUT2D eigenvalue weighted by Crippen LogP contribution is -2.30.